The van der Waals surface area contributed by atoms with Crippen molar-refractivity contribution in [1.82, 2.24) is 0 Å². The summed E-state index contributed by atoms with van der Waals surface area (Å²) in [6, 6.07) is 6.88. The van der Waals surface area contributed by atoms with E-state index in [9.17, 15) is 10.1 Å². The van der Waals surface area contributed by atoms with Crippen LogP contribution in [0.5, 0.6) is 0 Å². The average Bonchev–Trinajstić information content (AvgIpc) is 2.03. The summed E-state index contributed by atoms with van der Waals surface area (Å²) in [5, 5.41) is 10.5. The van der Waals surface area contributed by atoms with Gasteiger partial charge in [0, 0.05) is 15.5 Å². The number of nitro groups is 1. The maximum absolute atomic E-state index is 9.93. The first-order chi connectivity index (χ1) is 6.18. The third-order valence-electron chi connectivity index (χ3n) is 1.27. The molecule has 1 rings (SSSR count). The van der Waals surface area contributed by atoms with E-state index in [0.29, 0.717) is 10.6 Å². The Labute approximate surface area is 80.5 Å². The minimum Gasteiger partial charge on any atom is -0.264 e. The Hall–Kier alpha value is -1.53. The Morgan fingerprint density at radius 2 is 2.31 bits per heavy atom. The Bertz CT molecular complexity index is 379. The third kappa shape index (κ3) is 3.59. The smallest absolute Gasteiger partial charge is 0.263 e. The molecular formula is C9H6ClNO2. The van der Waals surface area contributed by atoms with Gasteiger partial charge in [-0.15, -0.1) is 0 Å². The summed E-state index contributed by atoms with van der Waals surface area (Å²) in [5.74, 6) is 5.06. The molecule has 0 spiro atoms. The molecule has 0 heterocycles. The summed E-state index contributed by atoms with van der Waals surface area (Å²) in [7, 11) is 0. The largest absolute Gasteiger partial charge is 0.264 e. The number of rotatable bonds is 1. The van der Waals surface area contributed by atoms with E-state index >= 15 is 0 Å². The Balaban J connectivity index is 2.72. The summed E-state index contributed by atoms with van der Waals surface area (Å²) in [6.45, 7) is -0.341. The van der Waals surface area contributed by atoms with E-state index in [1.807, 2.05) is 0 Å². The van der Waals surface area contributed by atoms with E-state index in [4.69, 9.17) is 11.6 Å². The third-order valence-corrected chi connectivity index (χ3v) is 1.50. The lowest BCUT2D eigenvalue weighted by atomic mass is 10.2. The van der Waals surface area contributed by atoms with Crippen molar-refractivity contribution < 1.29 is 4.92 Å². The summed E-state index contributed by atoms with van der Waals surface area (Å²) in [4.78, 5) is 9.46. The van der Waals surface area contributed by atoms with Gasteiger partial charge in [-0.05, 0) is 24.1 Å². The molecule has 0 atom stereocenters. The highest BCUT2D eigenvalue weighted by Crippen LogP contribution is 2.08. The van der Waals surface area contributed by atoms with E-state index in [-0.39, 0.29) is 6.54 Å². The van der Waals surface area contributed by atoms with Crippen LogP contribution in [-0.2, 0) is 0 Å². The van der Waals surface area contributed by atoms with Crippen LogP contribution in [0.1, 0.15) is 5.56 Å². The molecule has 0 amide bonds. The summed E-state index contributed by atoms with van der Waals surface area (Å²) in [6.07, 6.45) is 0. The molecule has 66 valence electrons. The number of hydrogen-bond acceptors (Lipinski definition) is 2. The molecule has 1 aromatic carbocycles. The zero-order valence-electron chi connectivity index (χ0n) is 6.66. The first kappa shape index (κ1) is 9.56. The first-order valence-corrected chi connectivity index (χ1v) is 3.92. The second kappa shape index (κ2) is 4.48. The predicted molar refractivity (Wildman–Crippen MR) is 50.2 cm³/mol. The van der Waals surface area contributed by atoms with Gasteiger partial charge in [0.15, 0.2) is 0 Å². The van der Waals surface area contributed by atoms with Gasteiger partial charge in [-0.2, -0.15) is 0 Å². The predicted octanol–water partition coefficient (Wildman–Crippen LogP) is 1.97. The van der Waals surface area contributed by atoms with Crippen LogP contribution >= 0.6 is 11.6 Å². The lowest BCUT2D eigenvalue weighted by molar-refractivity contribution is -0.466. The van der Waals surface area contributed by atoms with Gasteiger partial charge in [0.05, 0.1) is 0 Å². The van der Waals surface area contributed by atoms with Gasteiger partial charge in [0.1, 0.15) is 0 Å². The normalized spacial score (nSPS) is 8.69. The van der Waals surface area contributed by atoms with Gasteiger partial charge in [0.25, 0.3) is 6.54 Å². The van der Waals surface area contributed by atoms with Crippen LogP contribution in [0.15, 0.2) is 24.3 Å². The van der Waals surface area contributed by atoms with Gasteiger partial charge in [-0.25, -0.2) is 0 Å². The number of nitrogens with zero attached hydrogens (tertiary/aromatic N) is 1. The van der Waals surface area contributed by atoms with Crippen LogP contribution < -0.4 is 0 Å². The second-order valence-corrected chi connectivity index (χ2v) is 2.74. The second-order valence-electron chi connectivity index (χ2n) is 2.30. The molecule has 0 aliphatic carbocycles. The van der Waals surface area contributed by atoms with Crippen molar-refractivity contribution in [1.29, 1.82) is 0 Å². The molecule has 0 aliphatic rings. The monoisotopic (exact) mass is 195 g/mol. The molecule has 0 bridgehead atoms. The van der Waals surface area contributed by atoms with E-state index in [2.05, 4.69) is 11.8 Å². The minimum atomic E-state index is -0.475. The number of halogens is 1. The quantitative estimate of drug-likeness (QED) is 0.391. The van der Waals surface area contributed by atoms with Crippen LogP contribution in [0.2, 0.25) is 5.02 Å². The van der Waals surface area contributed by atoms with Crippen LogP contribution in [0.25, 0.3) is 0 Å². The maximum Gasteiger partial charge on any atom is 0.263 e. The van der Waals surface area contributed by atoms with Crippen molar-refractivity contribution in [3.8, 4) is 11.8 Å². The highest BCUT2D eigenvalue weighted by Gasteiger charge is 1.90. The van der Waals surface area contributed by atoms with Crippen molar-refractivity contribution in [2.45, 2.75) is 0 Å². The molecule has 0 radical (unpaired) electrons. The van der Waals surface area contributed by atoms with Crippen LogP contribution in [-0.4, -0.2) is 11.5 Å². The molecule has 13 heavy (non-hydrogen) atoms. The minimum absolute atomic E-state index is 0.341. The van der Waals surface area contributed by atoms with Crippen molar-refractivity contribution in [2.24, 2.45) is 0 Å². The fourth-order valence-corrected chi connectivity index (χ4v) is 0.963. The molecular weight excluding hydrogens is 190 g/mol. The van der Waals surface area contributed by atoms with Crippen LogP contribution in [0, 0.1) is 22.0 Å². The number of benzene rings is 1. The van der Waals surface area contributed by atoms with Crippen molar-refractivity contribution >= 4 is 11.6 Å². The van der Waals surface area contributed by atoms with Crippen molar-refractivity contribution in [3.05, 3.63) is 45.0 Å². The fraction of sp³-hybridized carbons (Fsp3) is 0.111. The van der Waals surface area contributed by atoms with Gasteiger partial charge in [0.2, 0.25) is 0 Å². The Morgan fingerprint density at radius 3 is 2.92 bits per heavy atom. The van der Waals surface area contributed by atoms with Crippen LogP contribution in [0.4, 0.5) is 0 Å². The lowest BCUT2D eigenvalue weighted by Gasteiger charge is -1.89. The molecule has 0 fully saturated rings. The fourth-order valence-electron chi connectivity index (χ4n) is 0.772. The highest BCUT2D eigenvalue weighted by atomic mass is 35.5. The zero-order valence-corrected chi connectivity index (χ0v) is 7.41. The van der Waals surface area contributed by atoms with Gasteiger partial charge >= 0.3 is 0 Å². The molecule has 0 saturated heterocycles. The lowest BCUT2D eigenvalue weighted by Crippen LogP contribution is -1.96. The van der Waals surface area contributed by atoms with Gasteiger partial charge in [-0.1, -0.05) is 23.6 Å². The molecule has 4 heteroatoms. The average molecular weight is 196 g/mol. The Morgan fingerprint density at radius 1 is 1.54 bits per heavy atom. The highest BCUT2D eigenvalue weighted by molar-refractivity contribution is 6.30. The molecule has 0 saturated carbocycles. The van der Waals surface area contributed by atoms with E-state index in [0.717, 1.165) is 0 Å². The van der Waals surface area contributed by atoms with E-state index in [1.165, 1.54) is 0 Å². The maximum atomic E-state index is 9.93. The van der Waals surface area contributed by atoms with E-state index < -0.39 is 4.92 Å². The zero-order chi connectivity index (χ0) is 9.68. The summed E-state index contributed by atoms with van der Waals surface area (Å²) >= 11 is 5.68. The standard InChI is InChI=1S/C9H6ClNO2/c10-9-5-1-3-8(7-9)4-2-6-11(12)13/h1,3,5,7H,6H2. The van der Waals surface area contributed by atoms with E-state index in [1.54, 1.807) is 24.3 Å². The molecule has 0 N–H and O–H groups in total. The van der Waals surface area contributed by atoms with Crippen LogP contribution in [0.3, 0.4) is 0 Å². The summed E-state index contributed by atoms with van der Waals surface area (Å²) < 4.78 is 0. The van der Waals surface area contributed by atoms with Crippen molar-refractivity contribution in [3.63, 3.8) is 0 Å². The number of hydrogen-bond donors (Lipinski definition) is 0. The topological polar surface area (TPSA) is 43.1 Å². The molecule has 0 unspecified atom stereocenters. The molecule has 3 nitrogen and oxygen atoms in total. The Kier molecular flexibility index (Phi) is 3.30. The SMILES string of the molecule is O=[N+]([O-])CC#Cc1cccc(Cl)c1. The first-order valence-electron chi connectivity index (χ1n) is 3.55. The molecule has 0 aliphatic heterocycles. The molecule has 0 aromatic heterocycles. The van der Waals surface area contributed by atoms with Crippen molar-refractivity contribution in [2.75, 3.05) is 6.54 Å². The van der Waals surface area contributed by atoms with Gasteiger partial charge < -0.3 is 0 Å². The summed E-state index contributed by atoms with van der Waals surface area (Å²) in [5.41, 5.74) is 0.689. The van der Waals surface area contributed by atoms with Gasteiger partial charge in [-0.3, -0.25) is 10.1 Å². The molecule has 1 aromatic rings.